The van der Waals surface area contributed by atoms with Gasteiger partial charge in [0.05, 0.1) is 41.9 Å². The molecule has 39 heavy (non-hydrogen) atoms. The summed E-state index contributed by atoms with van der Waals surface area (Å²) < 4.78 is 6.52. The molecule has 216 valence electrons. The van der Waals surface area contributed by atoms with Crippen LogP contribution in [0.2, 0.25) is 0 Å². The van der Waals surface area contributed by atoms with Crippen LogP contribution in [0.3, 0.4) is 0 Å². The summed E-state index contributed by atoms with van der Waals surface area (Å²) in [4.78, 5) is 38.3. The lowest BCUT2D eigenvalue weighted by molar-refractivity contribution is -0.151. The Labute approximate surface area is 228 Å². The normalized spacial score (nSPS) is 45.9. The lowest BCUT2D eigenvalue weighted by Crippen LogP contribution is -2.67. The van der Waals surface area contributed by atoms with E-state index in [1.807, 2.05) is 13.8 Å². The van der Waals surface area contributed by atoms with Gasteiger partial charge in [0.2, 0.25) is 0 Å². The molecule has 1 aliphatic heterocycles. The van der Waals surface area contributed by atoms with Gasteiger partial charge in [0.25, 0.3) is 0 Å². The van der Waals surface area contributed by atoms with Crippen molar-refractivity contribution >= 4 is 17.5 Å². The van der Waals surface area contributed by atoms with E-state index in [2.05, 4.69) is 0 Å². The minimum absolute atomic E-state index is 0.144. The van der Waals surface area contributed by atoms with Crippen molar-refractivity contribution in [1.29, 1.82) is 0 Å². The molecule has 0 aromatic carbocycles. The van der Waals surface area contributed by atoms with Gasteiger partial charge in [0.1, 0.15) is 11.4 Å². The number of hydrogen-bond acceptors (Lipinski definition) is 8. The van der Waals surface area contributed by atoms with Crippen LogP contribution in [0.1, 0.15) is 73.6 Å². The fourth-order valence-corrected chi connectivity index (χ4v) is 9.24. The van der Waals surface area contributed by atoms with E-state index in [9.17, 15) is 39.9 Å². The summed E-state index contributed by atoms with van der Waals surface area (Å²) in [6.07, 6.45) is 1.76. The van der Waals surface area contributed by atoms with Crippen molar-refractivity contribution in [2.45, 2.75) is 103 Å². The number of carboxylic acid groups (broad SMARTS) is 1. The third kappa shape index (κ3) is 3.28. The van der Waals surface area contributed by atoms with E-state index >= 15 is 0 Å². The first-order valence-electron chi connectivity index (χ1n) is 14.0. The van der Waals surface area contributed by atoms with Gasteiger partial charge in [-0.25, -0.2) is 0 Å². The number of hydrogen-bond donors (Lipinski definition) is 5. The van der Waals surface area contributed by atoms with Crippen molar-refractivity contribution in [2.75, 3.05) is 6.61 Å². The summed E-state index contributed by atoms with van der Waals surface area (Å²) in [6.45, 7) is 10.1. The molecule has 5 rings (SSSR count). The predicted molar refractivity (Wildman–Crippen MR) is 139 cm³/mol. The molecule has 1 heterocycles. The van der Waals surface area contributed by atoms with Crippen molar-refractivity contribution in [1.82, 2.24) is 0 Å². The Kier molecular flexibility index (Phi) is 6.10. The third-order valence-electron chi connectivity index (χ3n) is 11.8. The van der Waals surface area contributed by atoms with Gasteiger partial charge in [0.15, 0.2) is 5.78 Å². The molecule has 5 aliphatic rings. The Balaban J connectivity index is 1.59. The van der Waals surface area contributed by atoms with Gasteiger partial charge in [-0.2, -0.15) is 0 Å². The van der Waals surface area contributed by atoms with Gasteiger partial charge in [0, 0.05) is 23.7 Å². The minimum Gasteiger partial charge on any atom is -0.481 e. The topological polar surface area (TPSA) is 165 Å². The zero-order valence-corrected chi connectivity index (χ0v) is 23.7. The Morgan fingerprint density at radius 1 is 1.21 bits per heavy atom. The summed E-state index contributed by atoms with van der Waals surface area (Å²) in [6, 6.07) is 0. The number of epoxide rings is 1. The van der Waals surface area contributed by atoms with E-state index in [4.69, 9.17) is 4.74 Å². The molecule has 0 aromatic rings. The zero-order valence-electron chi connectivity index (χ0n) is 23.7. The molecule has 2 saturated carbocycles. The summed E-state index contributed by atoms with van der Waals surface area (Å²) in [7, 11) is 0. The van der Waals surface area contributed by atoms with Gasteiger partial charge in [-0.1, -0.05) is 33.8 Å². The van der Waals surface area contributed by atoms with Crippen LogP contribution in [-0.2, 0) is 19.1 Å². The highest BCUT2D eigenvalue weighted by Gasteiger charge is 2.85. The van der Waals surface area contributed by atoms with E-state index in [1.54, 1.807) is 19.9 Å². The van der Waals surface area contributed by atoms with Crippen molar-refractivity contribution in [3.63, 3.8) is 0 Å². The molecule has 0 aromatic heterocycles. The summed E-state index contributed by atoms with van der Waals surface area (Å²) in [5.41, 5.74) is -5.94. The number of rotatable bonds is 7. The van der Waals surface area contributed by atoms with Crippen molar-refractivity contribution < 1.29 is 44.7 Å². The number of ketones is 2. The first-order chi connectivity index (χ1) is 17.9. The number of aliphatic carboxylic acids is 1. The molecule has 0 amide bonds. The molecule has 10 atom stereocenters. The van der Waals surface area contributed by atoms with Crippen LogP contribution in [0.4, 0.5) is 0 Å². The summed E-state index contributed by atoms with van der Waals surface area (Å²) in [5.74, 6) is -2.97. The maximum Gasteiger partial charge on any atom is 0.306 e. The number of carbonyl (C=O) groups excluding carboxylic acids is 2. The second-order valence-electron chi connectivity index (χ2n) is 14.0. The third-order valence-corrected chi connectivity index (χ3v) is 11.8. The fraction of sp³-hybridized carbons (Fsp3) is 0.767. The Morgan fingerprint density at radius 3 is 2.44 bits per heavy atom. The highest BCUT2D eigenvalue weighted by Crippen LogP contribution is 2.79. The summed E-state index contributed by atoms with van der Waals surface area (Å²) >= 11 is 0. The SMILES string of the molecule is C[C@@H](CC(=O)C[C@](C)(O)C1=C[C@@H](O)[C@]2(C)[C@]1(C)C(=O)C=C1[C@@]3(CO)CC[C@H](O)C(C)(C)[C@@H]3C[C@@H]3O[C@]132)C(=O)O. The van der Waals surface area contributed by atoms with Crippen LogP contribution < -0.4 is 0 Å². The van der Waals surface area contributed by atoms with Crippen LogP contribution in [0, 0.1) is 33.5 Å². The molecule has 0 bridgehead atoms. The number of carbonyl (C=O) groups is 3. The van der Waals surface area contributed by atoms with Gasteiger partial charge in [-0.3, -0.25) is 14.4 Å². The van der Waals surface area contributed by atoms with E-state index in [1.165, 1.54) is 19.9 Å². The molecule has 5 N–H and O–H groups in total. The second-order valence-corrected chi connectivity index (χ2v) is 14.0. The van der Waals surface area contributed by atoms with Gasteiger partial charge in [-0.15, -0.1) is 0 Å². The van der Waals surface area contributed by atoms with E-state index in [0.29, 0.717) is 24.8 Å². The van der Waals surface area contributed by atoms with Crippen molar-refractivity contribution in [3.05, 3.63) is 23.3 Å². The highest BCUT2D eigenvalue weighted by molar-refractivity contribution is 6.02. The second kappa shape index (κ2) is 8.32. The zero-order chi connectivity index (χ0) is 29.1. The fourth-order valence-electron chi connectivity index (χ4n) is 9.24. The quantitative estimate of drug-likeness (QED) is 0.237. The molecule has 0 unspecified atom stereocenters. The van der Waals surface area contributed by atoms with Crippen molar-refractivity contribution in [3.8, 4) is 0 Å². The Bertz CT molecular complexity index is 1200. The molecular weight excluding hydrogens is 504 g/mol. The number of Topliss-reactive ketones (excluding diaryl/α,β-unsaturated/α-hetero) is 1. The van der Waals surface area contributed by atoms with Crippen LogP contribution in [0.15, 0.2) is 23.3 Å². The van der Waals surface area contributed by atoms with E-state index in [0.717, 1.165) is 0 Å². The monoisotopic (exact) mass is 546 g/mol. The molecule has 0 radical (unpaired) electrons. The van der Waals surface area contributed by atoms with Crippen molar-refractivity contribution in [2.24, 2.45) is 33.5 Å². The number of fused-ring (bicyclic) bond motifs is 3. The van der Waals surface area contributed by atoms with Crippen LogP contribution >= 0.6 is 0 Å². The molecule has 9 nitrogen and oxygen atoms in total. The average molecular weight is 547 g/mol. The molecule has 1 spiro atoms. The number of ether oxygens (including phenoxy) is 1. The van der Waals surface area contributed by atoms with Gasteiger partial charge < -0.3 is 30.3 Å². The molecule has 4 aliphatic carbocycles. The van der Waals surface area contributed by atoms with Gasteiger partial charge >= 0.3 is 5.97 Å². The smallest absolute Gasteiger partial charge is 0.306 e. The number of allylic oxidation sites excluding steroid dienone is 1. The van der Waals surface area contributed by atoms with Crippen LogP contribution in [-0.4, -0.2) is 79.2 Å². The Morgan fingerprint density at radius 2 is 1.85 bits per heavy atom. The molecule has 1 saturated heterocycles. The predicted octanol–water partition coefficient (Wildman–Crippen LogP) is 1.95. The van der Waals surface area contributed by atoms with Crippen LogP contribution in [0.25, 0.3) is 0 Å². The van der Waals surface area contributed by atoms with Crippen LogP contribution in [0.5, 0.6) is 0 Å². The highest BCUT2D eigenvalue weighted by atomic mass is 16.6. The molecule has 3 fully saturated rings. The maximum atomic E-state index is 14.2. The molecular formula is C30H42O9. The average Bonchev–Trinajstić information content (AvgIpc) is 3.53. The lowest BCUT2D eigenvalue weighted by Gasteiger charge is -2.62. The maximum absolute atomic E-state index is 14.2. The van der Waals surface area contributed by atoms with E-state index < -0.39 is 69.2 Å². The molecule has 9 heteroatoms. The number of aliphatic hydroxyl groups excluding tert-OH is 3. The summed E-state index contributed by atoms with van der Waals surface area (Å²) in [5, 5.41) is 54.3. The number of carboxylic acids is 1. The first kappa shape index (κ1) is 28.6. The number of aliphatic hydroxyl groups is 4. The van der Waals surface area contributed by atoms with Gasteiger partial charge in [-0.05, 0) is 61.7 Å². The van der Waals surface area contributed by atoms with E-state index in [-0.39, 0.29) is 36.4 Å². The minimum atomic E-state index is -1.81. The standard InChI is InChI=1S/C30H42O9/c1-15(24(36)37)9-16(32)13-26(4,38)18-10-22(35)28(6)27(18,5)21(34)11-19-29(14-31)8-7-20(33)25(2,3)17(29)12-23-30(19,28)39-23/h10-11,15,17,20,22-23,31,33,35,38H,7-9,12-14H2,1-6H3,(H,36,37)/t15-,17-,20-,22+,23-,26-,27-,28+,29+,30+/m0/s1. The largest absolute Gasteiger partial charge is 0.481 e. The lowest BCUT2D eigenvalue weighted by atomic mass is 9.40. The Hall–Kier alpha value is -1.91. The first-order valence-corrected chi connectivity index (χ1v) is 14.0.